The molecule has 10 aromatic rings. The van der Waals surface area contributed by atoms with Gasteiger partial charge >= 0.3 is 0 Å². The average Bonchev–Trinajstić information content (AvgIpc) is 3.80. The maximum atomic E-state index is 6.93. The Kier molecular flexibility index (Phi) is 5.45. The Balaban J connectivity index is 1.28. The van der Waals surface area contributed by atoms with Crippen molar-refractivity contribution in [3.63, 3.8) is 0 Å². The molecule has 0 N–H and O–H groups in total. The zero-order valence-electron chi connectivity index (χ0n) is 24.6. The molecule has 0 saturated heterocycles. The fourth-order valence-electron chi connectivity index (χ4n) is 7.00. The van der Waals surface area contributed by atoms with Crippen molar-refractivity contribution in [2.45, 2.75) is 0 Å². The molecule has 0 aliphatic heterocycles. The first-order valence-electron chi connectivity index (χ1n) is 15.4. The van der Waals surface area contributed by atoms with Crippen molar-refractivity contribution in [2.24, 2.45) is 0 Å². The molecule has 0 saturated carbocycles. The second kappa shape index (κ2) is 9.83. The minimum absolute atomic E-state index is 0.838. The maximum Gasteiger partial charge on any atom is 0.159 e. The molecule has 3 heterocycles. The van der Waals surface area contributed by atoms with Crippen LogP contribution in [0.2, 0.25) is 0 Å². The van der Waals surface area contributed by atoms with Gasteiger partial charge in [-0.1, -0.05) is 115 Å². The smallest absolute Gasteiger partial charge is 0.159 e. The Morgan fingerprint density at radius 3 is 1.85 bits per heavy atom. The van der Waals surface area contributed by atoms with E-state index in [9.17, 15) is 0 Å². The summed E-state index contributed by atoms with van der Waals surface area (Å²) in [4.78, 5) is 2.31. The number of hydrogen-bond donors (Lipinski definition) is 0. The molecule has 7 aromatic carbocycles. The van der Waals surface area contributed by atoms with Gasteiger partial charge in [0.2, 0.25) is 0 Å². The number of fused-ring (bicyclic) bond motifs is 9. The molecule has 216 valence electrons. The van der Waals surface area contributed by atoms with Crippen molar-refractivity contribution in [1.29, 1.82) is 0 Å². The Bertz CT molecular complexity index is 2770. The molecule has 46 heavy (non-hydrogen) atoms. The largest absolute Gasteiger partial charge is 0.454 e. The third-order valence-corrected chi connectivity index (χ3v) is 10.2. The predicted octanol–water partition coefficient (Wildman–Crippen LogP) is 13.0. The average molecular weight is 608 g/mol. The van der Waals surface area contributed by atoms with Crippen LogP contribution in [0.5, 0.6) is 0 Å². The van der Waals surface area contributed by atoms with E-state index in [1.54, 1.807) is 0 Å². The van der Waals surface area contributed by atoms with Crippen molar-refractivity contribution in [2.75, 3.05) is 4.90 Å². The highest BCUT2D eigenvalue weighted by Crippen LogP contribution is 2.48. The molecular formula is C42H25NO2S. The summed E-state index contributed by atoms with van der Waals surface area (Å²) in [6, 6.07) is 53.4. The lowest BCUT2D eigenvalue weighted by Gasteiger charge is -2.25. The molecule has 0 aliphatic rings. The lowest BCUT2D eigenvalue weighted by Crippen LogP contribution is -2.10. The molecule has 0 bridgehead atoms. The number of para-hydroxylation sites is 4. The summed E-state index contributed by atoms with van der Waals surface area (Å²) in [5.41, 5.74) is 8.63. The second-order valence-electron chi connectivity index (χ2n) is 11.7. The number of thiophene rings is 1. The van der Waals surface area contributed by atoms with E-state index in [2.05, 4.69) is 138 Å². The molecule has 0 fully saturated rings. The molecule has 0 amide bonds. The quantitative estimate of drug-likeness (QED) is 0.199. The monoisotopic (exact) mass is 607 g/mol. The van der Waals surface area contributed by atoms with Crippen molar-refractivity contribution in [3.8, 4) is 11.1 Å². The molecular weight excluding hydrogens is 583 g/mol. The van der Waals surface area contributed by atoms with E-state index in [4.69, 9.17) is 8.83 Å². The summed E-state index contributed by atoms with van der Waals surface area (Å²) in [6.07, 6.45) is 0. The molecule has 0 atom stereocenters. The van der Waals surface area contributed by atoms with E-state index in [0.29, 0.717) is 0 Å². The SMILES string of the molecule is c1ccc(-c2cccc3c2oc2c(N(c4ccc5c(c4)sc4ccccc45)c4cccc5c4oc4ccccc45)cccc23)cc1. The van der Waals surface area contributed by atoms with Crippen LogP contribution in [0.25, 0.3) is 75.2 Å². The van der Waals surface area contributed by atoms with Gasteiger partial charge in [-0.3, -0.25) is 0 Å². The zero-order valence-corrected chi connectivity index (χ0v) is 25.4. The standard InChI is InChI=1S/C42H25NO2S/c1-2-11-26(12-3-1)28-15-8-16-33-34-18-10-20-36(42(34)45-40(28)33)43(27-23-24-31-30-14-5-7-22-38(30)46-39(31)25-27)35-19-9-17-32-29-13-4-6-21-37(29)44-41(32)35/h1-25H. The Morgan fingerprint density at radius 1 is 0.413 bits per heavy atom. The molecule has 3 aromatic heterocycles. The van der Waals surface area contributed by atoms with Crippen LogP contribution in [0, 0.1) is 0 Å². The lowest BCUT2D eigenvalue weighted by molar-refractivity contribution is 0.666. The van der Waals surface area contributed by atoms with E-state index in [1.165, 1.54) is 20.2 Å². The highest BCUT2D eigenvalue weighted by atomic mass is 32.1. The van der Waals surface area contributed by atoms with Gasteiger partial charge in [0.15, 0.2) is 11.2 Å². The number of furan rings is 2. The number of rotatable bonds is 4. The van der Waals surface area contributed by atoms with Gasteiger partial charge in [-0.2, -0.15) is 0 Å². The summed E-state index contributed by atoms with van der Waals surface area (Å²) in [5, 5.41) is 6.92. The molecule has 0 unspecified atom stereocenters. The van der Waals surface area contributed by atoms with Crippen molar-refractivity contribution in [3.05, 3.63) is 152 Å². The molecule has 0 aliphatic carbocycles. The van der Waals surface area contributed by atoms with Gasteiger partial charge in [-0.25, -0.2) is 0 Å². The van der Waals surface area contributed by atoms with Crippen LogP contribution in [0.3, 0.4) is 0 Å². The van der Waals surface area contributed by atoms with Crippen LogP contribution in [0.4, 0.5) is 17.1 Å². The summed E-state index contributed by atoms with van der Waals surface area (Å²) < 4.78 is 16.1. The van der Waals surface area contributed by atoms with Crippen LogP contribution in [0.1, 0.15) is 0 Å². The van der Waals surface area contributed by atoms with Crippen molar-refractivity contribution >= 4 is 92.4 Å². The van der Waals surface area contributed by atoms with E-state index in [-0.39, 0.29) is 0 Å². The topological polar surface area (TPSA) is 29.5 Å². The highest BCUT2D eigenvalue weighted by Gasteiger charge is 2.24. The van der Waals surface area contributed by atoms with E-state index in [1.807, 2.05) is 29.5 Å². The Morgan fingerprint density at radius 2 is 1.02 bits per heavy atom. The van der Waals surface area contributed by atoms with E-state index < -0.39 is 0 Å². The highest BCUT2D eigenvalue weighted by molar-refractivity contribution is 7.25. The van der Waals surface area contributed by atoms with Gasteiger partial charge in [0.25, 0.3) is 0 Å². The van der Waals surface area contributed by atoms with Gasteiger partial charge in [-0.15, -0.1) is 11.3 Å². The zero-order chi connectivity index (χ0) is 30.2. The first-order valence-corrected chi connectivity index (χ1v) is 16.2. The number of hydrogen-bond acceptors (Lipinski definition) is 4. The van der Waals surface area contributed by atoms with Crippen LogP contribution < -0.4 is 4.90 Å². The fraction of sp³-hybridized carbons (Fsp3) is 0. The third kappa shape index (κ3) is 3.71. The normalized spacial score (nSPS) is 11.9. The van der Waals surface area contributed by atoms with Gasteiger partial charge < -0.3 is 13.7 Å². The maximum absolute atomic E-state index is 6.93. The Labute approximate surface area is 268 Å². The van der Waals surface area contributed by atoms with Crippen LogP contribution in [-0.4, -0.2) is 0 Å². The van der Waals surface area contributed by atoms with Gasteiger partial charge in [0, 0.05) is 53.0 Å². The lowest BCUT2D eigenvalue weighted by atomic mass is 10.0. The molecule has 0 spiro atoms. The molecule has 4 heteroatoms. The predicted molar refractivity (Wildman–Crippen MR) is 194 cm³/mol. The van der Waals surface area contributed by atoms with Crippen molar-refractivity contribution in [1.82, 2.24) is 0 Å². The summed E-state index contributed by atoms with van der Waals surface area (Å²) in [5.74, 6) is 0. The summed E-state index contributed by atoms with van der Waals surface area (Å²) in [6.45, 7) is 0. The molecule has 0 radical (unpaired) electrons. The third-order valence-electron chi connectivity index (χ3n) is 9.07. The van der Waals surface area contributed by atoms with Crippen LogP contribution >= 0.6 is 11.3 Å². The van der Waals surface area contributed by atoms with Crippen LogP contribution in [-0.2, 0) is 0 Å². The number of benzene rings is 7. The van der Waals surface area contributed by atoms with Crippen molar-refractivity contribution < 1.29 is 8.83 Å². The van der Waals surface area contributed by atoms with Gasteiger partial charge in [-0.05, 0) is 42.0 Å². The molecule has 3 nitrogen and oxygen atoms in total. The first-order chi connectivity index (χ1) is 22.8. The Hall–Kier alpha value is -5.84. The second-order valence-corrected chi connectivity index (χ2v) is 12.8. The fourth-order valence-corrected chi connectivity index (χ4v) is 8.14. The minimum Gasteiger partial charge on any atom is -0.454 e. The minimum atomic E-state index is 0.838. The van der Waals surface area contributed by atoms with Crippen LogP contribution in [0.15, 0.2) is 160 Å². The number of anilines is 3. The molecule has 10 rings (SSSR count). The van der Waals surface area contributed by atoms with Gasteiger partial charge in [0.1, 0.15) is 11.2 Å². The first kappa shape index (κ1) is 25.5. The summed E-state index contributed by atoms with van der Waals surface area (Å²) in [7, 11) is 0. The van der Waals surface area contributed by atoms with E-state index >= 15 is 0 Å². The van der Waals surface area contributed by atoms with Gasteiger partial charge in [0.05, 0.1) is 11.4 Å². The summed E-state index contributed by atoms with van der Waals surface area (Å²) >= 11 is 1.82. The van der Waals surface area contributed by atoms with E-state index in [0.717, 1.165) is 72.1 Å². The number of nitrogens with zero attached hydrogens (tertiary/aromatic N) is 1.